The standard InChI is InChI=1S/C19H28N2O2.ClH/c20-18-8-4-5-14(18)13-19(22)21-15-9-11-17(12-10-15)23-16-6-2-1-3-7-16;/h9-12,14,16,18H,1-8,13,20H2,(H,21,22);1H/t14-,18+;/m0./s1. The van der Waals surface area contributed by atoms with E-state index in [2.05, 4.69) is 5.32 Å². The lowest BCUT2D eigenvalue weighted by Crippen LogP contribution is -2.28. The van der Waals surface area contributed by atoms with Gasteiger partial charge in [-0.1, -0.05) is 12.8 Å². The van der Waals surface area contributed by atoms with Crippen LogP contribution in [0.1, 0.15) is 57.8 Å². The van der Waals surface area contributed by atoms with Crippen LogP contribution in [-0.2, 0) is 4.79 Å². The number of rotatable bonds is 5. The van der Waals surface area contributed by atoms with Crippen LogP contribution >= 0.6 is 12.4 Å². The van der Waals surface area contributed by atoms with Crippen molar-refractivity contribution in [2.24, 2.45) is 11.7 Å². The average Bonchev–Trinajstić information content (AvgIpc) is 2.95. The zero-order valence-electron chi connectivity index (χ0n) is 14.2. The minimum Gasteiger partial charge on any atom is -0.490 e. The minimum atomic E-state index is 0. The number of nitrogens with one attached hydrogen (secondary N) is 1. The molecule has 2 aliphatic rings. The Balaban J connectivity index is 0.00000208. The molecule has 4 nitrogen and oxygen atoms in total. The van der Waals surface area contributed by atoms with Crippen molar-refractivity contribution >= 4 is 24.0 Å². The van der Waals surface area contributed by atoms with Crippen LogP contribution in [0, 0.1) is 5.92 Å². The highest BCUT2D eigenvalue weighted by molar-refractivity contribution is 5.90. The molecule has 0 bridgehead atoms. The summed E-state index contributed by atoms with van der Waals surface area (Å²) in [5.41, 5.74) is 6.86. The third-order valence-corrected chi connectivity index (χ3v) is 5.16. The van der Waals surface area contributed by atoms with Crippen LogP contribution in [0.2, 0.25) is 0 Å². The van der Waals surface area contributed by atoms with Crippen LogP contribution in [-0.4, -0.2) is 18.1 Å². The summed E-state index contributed by atoms with van der Waals surface area (Å²) in [4.78, 5) is 12.1. The van der Waals surface area contributed by atoms with Crippen molar-refractivity contribution < 1.29 is 9.53 Å². The molecule has 2 atom stereocenters. The van der Waals surface area contributed by atoms with E-state index in [-0.39, 0.29) is 24.4 Å². The zero-order valence-corrected chi connectivity index (χ0v) is 15.0. The Morgan fingerprint density at radius 3 is 2.38 bits per heavy atom. The summed E-state index contributed by atoms with van der Waals surface area (Å²) < 4.78 is 6.01. The largest absolute Gasteiger partial charge is 0.490 e. The van der Waals surface area contributed by atoms with E-state index in [0.717, 1.165) is 43.5 Å². The molecule has 24 heavy (non-hydrogen) atoms. The molecule has 1 aromatic rings. The predicted octanol–water partition coefficient (Wildman–Crippen LogP) is 4.28. The second kappa shape index (κ2) is 9.28. The van der Waals surface area contributed by atoms with E-state index in [1.165, 1.54) is 19.3 Å². The second-order valence-electron chi connectivity index (χ2n) is 7.01. The minimum absolute atomic E-state index is 0. The normalized spacial score (nSPS) is 24.2. The number of benzene rings is 1. The summed E-state index contributed by atoms with van der Waals surface area (Å²) in [5.74, 6) is 1.30. The summed E-state index contributed by atoms with van der Waals surface area (Å²) in [6, 6.07) is 7.93. The van der Waals surface area contributed by atoms with Gasteiger partial charge in [0, 0.05) is 18.2 Å². The number of hydrogen-bond donors (Lipinski definition) is 2. The Hall–Kier alpha value is -1.26. The van der Waals surface area contributed by atoms with Crippen LogP contribution < -0.4 is 15.8 Å². The Morgan fingerprint density at radius 2 is 1.75 bits per heavy atom. The van der Waals surface area contributed by atoms with E-state index in [0.29, 0.717) is 18.4 Å². The summed E-state index contributed by atoms with van der Waals surface area (Å²) in [6.45, 7) is 0. The lowest BCUT2D eigenvalue weighted by molar-refractivity contribution is -0.117. The third-order valence-electron chi connectivity index (χ3n) is 5.16. The Bertz CT molecular complexity index is 515. The van der Waals surface area contributed by atoms with E-state index in [1.807, 2.05) is 24.3 Å². The van der Waals surface area contributed by atoms with E-state index >= 15 is 0 Å². The van der Waals surface area contributed by atoms with Crippen LogP contribution in [0.3, 0.4) is 0 Å². The molecule has 2 saturated carbocycles. The first-order valence-corrected chi connectivity index (χ1v) is 9.03. The van der Waals surface area contributed by atoms with Gasteiger partial charge in [-0.15, -0.1) is 12.4 Å². The SMILES string of the molecule is Cl.N[C@@H]1CCC[C@H]1CC(=O)Nc1ccc(OC2CCCCC2)cc1. The Labute approximate surface area is 150 Å². The quantitative estimate of drug-likeness (QED) is 0.831. The number of halogens is 1. The smallest absolute Gasteiger partial charge is 0.224 e. The molecule has 3 rings (SSSR count). The molecule has 2 fully saturated rings. The van der Waals surface area contributed by atoms with Gasteiger partial charge >= 0.3 is 0 Å². The summed E-state index contributed by atoms with van der Waals surface area (Å²) in [7, 11) is 0. The molecule has 5 heteroatoms. The molecule has 0 aromatic heterocycles. The fourth-order valence-electron chi connectivity index (χ4n) is 3.76. The molecule has 2 aliphatic carbocycles. The molecule has 0 heterocycles. The lowest BCUT2D eigenvalue weighted by Gasteiger charge is -2.23. The van der Waals surface area contributed by atoms with Gasteiger partial charge in [0.2, 0.25) is 5.91 Å². The van der Waals surface area contributed by atoms with Gasteiger partial charge < -0.3 is 15.8 Å². The number of carbonyl (C=O) groups excluding carboxylic acids is 1. The van der Waals surface area contributed by atoms with Crippen molar-refractivity contribution in [1.82, 2.24) is 0 Å². The van der Waals surface area contributed by atoms with E-state index in [1.54, 1.807) is 0 Å². The van der Waals surface area contributed by atoms with Crippen molar-refractivity contribution in [3.05, 3.63) is 24.3 Å². The molecule has 0 saturated heterocycles. The summed E-state index contributed by atoms with van der Waals surface area (Å²) in [5, 5.41) is 2.97. The molecular formula is C19H29ClN2O2. The molecule has 1 amide bonds. The first kappa shape index (κ1) is 19.1. The van der Waals surface area contributed by atoms with Crippen LogP contribution in [0.15, 0.2) is 24.3 Å². The summed E-state index contributed by atoms with van der Waals surface area (Å²) in [6.07, 6.45) is 10.3. The van der Waals surface area contributed by atoms with Gasteiger partial charge in [-0.2, -0.15) is 0 Å². The number of nitrogens with two attached hydrogens (primary N) is 1. The fraction of sp³-hybridized carbons (Fsp3) is 0.632. The summed E-state index contributed by atoms with van der Waals surface area (Å²) >= 11 is 0. The predicted molar refractivity (Wildman–Crippen MR) is 99.8 cm³/mol. The number of carbonyl (C=O) groups is 1. The van der Waals surface area contributed by atoms with E-state index in [9.17, 15) is 4.79 Å². The molecule has 0 radical (unpaired) electrons. The maximum absolute atomic E-state index is 12.1. The number of ether oxygens (including phenoxy) is 1. The molecule has 134 valence electrons. The molecule has 0 aliphatic heterocycles. The number of amides is 1. The number of anilines is 1. The average molecular weight is 353 g/mol. The van der Waals surface area contributed by atoms with Crippen LogP contribution in [0.25, 0.3) is 0 Å². The van der Waals surface area contributed by atoms with Crippen molar-refractivity contribution in [3.63, 3.8) is 0 Å². The maximum Gasteiger partial charge on any atom is 0.224 e. The van der Waals surface area contributed by atoms with Gasteiger partial charge in [0.1, 0.15) is 5.75 Å². The van der Waals surface area contributed by atoms with Crippen molar-refractivity contribution in [2.45, 2.75) is 69.9 Å². The maximum atomic E-state index is 12.1. The first-order chi connectivity index (χ1) is 11.2. The van der Waals surface area contributed by atoms with Gasteiger partial charge in [0.25, 0.3) is 0 Å². The first-order valence-electron chi connectivity index (χ1n) is 9.03. The van der Waals surface area contributed by atoms with Crippen molar-refractivity contribution in [2.75, 3.05) is 5.32 Å². The molecule has 0 spiro atoms. The van der Waals surface area contributed by atoms with Crippen molar-refractivity contribution in [1.29, 1.82) is 0 Å². The van der Waals surface area contributed by atoms with Crippen molar-refractivity contribution in [3.8, 4) is 5.75 Å². The highest BCUT2D eigenvalue weighted by Crippen LogP contribution is 2.28. The monoisotopic (exact) mass is 352 g/mol. The van der Waals surface area contributed by atoms with Gasteiger partial charge in [-0.3, -0.25) is 4.79 Å². The van der Waals surface area contributed by atoms with Gasteiger partial charge in [0.05, 0.1) is 6.10 Å². The van der Waals surface area contributed by atoms with E-state index in [4.69, 9.17) is 10.5 Å². The lowest BCUT2D eigenvalue weighted by atomic mass is 9.98. The van der Waals surface area contributed by atoms with Crippen LogP contribution in [0.4, 0.5) is 5.69 Å². The molecule has 1 aromatic carbocycles. The highest BCUT2D eigenvalue weighted by atomic mass is 35.5. The molecule has 0 unspecified atom stereocenters. The Kier molecular flexibility index (Phi) is 7.38. The van der Waals surface area contributed by atoms with Crippen LogP contribution in [0.5, 0.6) is 5.75 Å². The highest BCUT2D eigenvalue weighted by Gasteiger charge is 2.26. The van der Waals surface area contributed by atoms with Gasteiger partial charge in [0.15, 0.2) is 0 Å². The third kappa shape index (κ3) is 5.38. The van der Waals surface area contributed by atoms with E-state index < -0.39 is 0 Å². The Morgan fingerprint density at radius 1 is 1.04 bits per heavy atom. The zero-order chi connectivity index (χ0) is 16.1. The second-order valence-corrected chi connectivity index (χ2v) is 7.01. The van der Waals surface area contributed by atoms with Gasteiger partial charge in [-0.05, 0) is 68.7 Å². The topological polar surface area (TPSA) is 64.4 Å². The number of hydrogen-bond acceptors (Lipinski definition) is 3. The fourth-order valence-corrected chi connectivity index (χ4v) is 3.76. The molecule has 3 N–H and O–H groups in total. The van der Waals surface area contributed by atoms with Gasteiger partial charge in [-0.25, -0.2) is 0 Å². The molecular weight excluding hydrogens is 324 g/mol.